The van der Waals surface area contributed by atoms with Crippen molar-refractivity contribution in [2.24, 2.45) is 10.9 Å². The Morgan fingerprint density at radius 2 is 1.71 bits per heavy atom. The lowest BCUT2D eigenvalue weighted by atomic mass is 9.88. The number of dihydropyridines is 1. The molecular formula is C26H30N4O3S. The highest BCUT2D eigenvalue weighted by molar-refractivity contribution is 7.90. The number of benzene rings is 1. The molecule has 2 aromatic rings. The van der Waals surface area contributed by atoms with E-state index in [-0.39, 0.29) is 12.2 Å². The van der Waals surface area contributed by atoms with E-state index >= 15 is 0 Å². The summed E-state index contributed by atoms with van der Waals surface area (Å²) in [6, 6.07) is 7.00. The topological polar surface area (TPSA) is 84.8 Å². The molecular weight excluding hydrogens is 448 g/mol. The summed E-state index contributed by atoms with van der Waals surface area (Å²) in [7, 11) is -3.20. The van der Waals surface area contributed by atoms with E-state index in [0.717, 1.165) is 49.6 Å². The van der Waals surface area contributed by atoms with E-state index < -0.39 is 9.84 Å². The zero-order valence-electron chi connectivity index (χ0n) is 19.4. The summed E-state index contributed by atoms with van der Waals surface area (Å²) >= 11 is 0. The molecule has 4 aliphatic rings. The quantitative estimate of drug-likeness (QED) is 0.653. The highest BCUT2D eigenvalue weighted by atomic mass is 32.2. The van der Waals surface area contributed by atoms with Crippen molar-refractivity contribution >= 4 is 21.5 Å². The standard InChI is InChI=1S/C26H30N4O3S/c1-34(31,32)22-6-4-18(5-7-22)23-12-20-13-24(33-25(20)16-27-23)19-8-10-30(11-9-19)26-28-14-21(15-29-26)17-2-3-17/h4-7,12,14-15,17,19,24-25H,2-3,8-11,13,16H2,1H3/t24-,25?/m1/s1. The van der Waals surface area contributed by atoms with Crippen molar-refractivity contribution in [1.29, 1.82) is 0 Å². The van der Waals surface area contributed by atoms with Crippen molar-refractivity contribution in [3.8, 4) is 0 Å². The molecule has 2 atom stereocenters. The molecule has 0 radical (unpaired) electrons. The monoisotopic (exact) mass is 478 g/mol. The van der Waals surface area contributed by atoms with Crippen LogP contribution in [0.2, 0.25) is 0 Å². The maximum absolute atomic E-state index is 11.7. The number of hydrogen-bond acceptors (Lipinski definition) is 7. The van der Waals surface area contributed by atoms with E-state index in [9.17, 15) is 8.42 Å². The summed E-state index contributed by atoms with van der Waals surface area (Å²) in [5.74, 6) is 2.07. The number of hydrogen-bond donors (Lipinski definition) is 0. The first-order valence-electron chi connectivity index (χ1n) is 12.2. The first-order chi connectivity index (χ1) is 16.4. The third-order valence-corrected chi connectivity index (χ3v) is 8.70. The number of ether oxygens (including phenoxy) is 1. The summed E-state index contributed by atoms with van der Waals surface area (Å²) in [5, 5.41) is 0. The van der Waals surface area contributed by atoms with Crippen molar-refractivity contribution in [2.75, 3.05) is 30.8 Å². The molecule has 6 rings (SSSR count). The minimum atomic E-state index is -3.20. The summed E-state index contributed by atoms with van der Waals surface area (Å²) in [5.41, 5.74) is 4.45. The Kier molecular flexibility index (Phi) is 5.53. The lowest BCUT2D eigenvalue weighted by Crippen LogP contribution is -2.38. The number of fused-ring (bicyclic) bond motifs is 1. The van der Waals surface area contributed by atoms with Crippen LogP contribution >= 0.6 is 0 Å². The normalized spacial score (nSPS) is 25.6. The fourth-order valence-corrected chi connectivity index (χ4v) is 5.97. The molecule has 7 nitrogen and oxygen atoms in total. The molecule has 1 saturated carbocycles. The highest BCUT2D eigenvalue weighted by Crippen LogP contribution is 2.40. The minimum Gasteiger partial charge on any atom is -0.368 e. The van der Waals surface area contributed by atoms with Crippen LogP contribution in [0.25, 0.3) is 0 Å². The molecule has 3 aliphatic heterocycles. The first kappa shape index (κ1) is 21.9. The number of allylic oxidation sites excluding steroid dienone is 1. The average molecular weight is 479 g/mol. The van der Waals surface area contributed by atoms with E-state index in [4.69, 9.17) is 9.73 Å². The largest absolute Gasteiger partial charge is 0.368 e. The third kappa shape index (κ3) is 4.41. The Balaban J connectivity index is 1.07. The van der Waals surface area contributed by atoms with E-state index in [0.29, 0.717) is 23.3 Å². The van der Waals surface area contributed by atoms with Gasteiger partial charge in [-0.15, -0.1) is 0 Å². The fourth-order valence-electron chi connectivity index (χ4n) is 5.34. The van der Waals surface area contributed by atoms with Crippen molar-refractivity contribution in [1.82, 2.24) is 9.97 Å². The van der Waals surface area contributed by atoms with Crippen LogP contribution in [-0.4, -0.2) is 62.2 Å². The van der Waals surface area contributed by atoms with Crippen LogP contribution in [-0.2, 0) is 14.6 Å². The Labute approximate surface area is 200 Å². The van der Waals surface area contributed by atoms with Gasteiger partial charge in [-0.1, -0.05) is 12.1 Å². The zero-order valence-corrected chi connectivity index (χ0v) is 20.2. The second kappa shape index (κ2) is 8.57. The molecule has 34 heavy (non-hydrogen) atoms. The van der Waals surface area contributed by atoms with Crippen molar-refractivity contribution < 1.29 is 13.2 Å². The molecule has 1 aromatic heterocycles. The molecule has 178 valence electrons. The molecule has 1 unspecified atom stereocenters. The number of aromatic nitrogens is 2. The Bertz CT molecular complexity index is 1230. The van der Waals surface area contributed by atoms with Crippen LogP contribution in [0.4, 0.5) is 5.95 Å². The predicted octanol–water partition coefficient (Wildman–Crippen LogP) is 3.56. The highest BCUT2D eigenvalue weighted by Gasteiger charge is 2.38. The molecule has 0 spiro atoms. The number of piperidine rings is 1. The molecule has 0 N–H and O–H groups in total. The predicted molar refractivity (Wildman–Crippen MR) is 131 cm³/mol. The smallest absolute Gasteiger partial charge is 0.225 e. The number of aliphatic imine (C=N–C) groups is 1. The van der Waals surface area contributed by atoms with Gasteiger partial charge in [-0.05, 0) is 78.8 Å². The second-order valence-electron chi connectivity index (χ2n) is 10.0. The van der Waals surface area contributed by atoms with Crippen LogP contribution in [0.1, 0.15) is 49.1 Å². The number of anilines is 1. The maximum atomic E-state index is 11.7. The number of rotatable bonds is 5. The fraction of sp³-hybridized carbons (Fsp3) is 0.500. The van der Waals surface area contributed by atoms with Gasteiger partial charge >= 0.3 is 0 Å². The average Bonchev–Trinajstić information content (AvgIpc) is 3.62. The Morgan fingerprint density at radius 3 is 2.35 bits per heavy atom. The van der Waals surface area contributed by atoms with Gasteiger partial charge < -0.3 is 9.64 Å². The Morgan fingerprint density at radius 1 is 1.00 bits per heavy atom. The van der Waals surface area contributed by atoms with Gasteiger partial charge in [0.2, 0.25) is 5.95 Å². The summed E-state index contributed by atoms with van der Waals surface area (Å²) < 4.78 is 29.9. The molecule has 4 heterocycles. The van der Waals surface area contributed by atoms with Gasteiger partial charge in [0, 0.05) is 31.7 Å². The molecule has 3 fully saturated rings. The van der Waals surface area contributed by atoms with E-state index in [2.05, 4.69) is 20.9 Å². The maximum Gasteiger partial charge on any atom is 0.225 e. The van der Waals surface area contributed by atoms with E-state index in [1.54, 1.807) is 12.1 Å². The molecule has 1 aromatic carbocycles. The molecule has 1 aliphatic carbocycles. The molecule has 2 saturated heterocycles. The van der Waals surface area contributed by atoms with Gasteiger partial charge in [0.1, 0.15) is 0 Å². The lowest BCUT2D eigenvalue weighted by molar-refractivity contribution is 0.0122. The van der Waals surface area contributed by atoms with Gasteiger partial charge in [-0.3, -0.25) is 4.99 Å². The van der Waals surface area contributed by atoms with Gasteiger partial charge in [0.25, 0.3) is 0 Å². The first-order valence-corrected chi connectivity index (χ1v) is 14.1. The van der Waals surface area contributed by atoms with Crippen LogP contribution < -0.4 is 4.90 Å². The van der Waals surface area contributed by atoms with E-state index in [1.165, 1.54) is 30.2 Å². The SMILES string of the molecule is CS(=O)(=O)c1ccc(C2=NCC3O[C@@H](C4CCN(c5ncc(C6CC6)cn5)CC4)CC3=C2)cc1. The summed E-state index contributed by atoms with van der Waals surface area (Å²) in [4.78, 5) is 16.6. The molecule has 0 bridgehead atoms. The van der Waals surface area contributed by atoms with Gasteiger partial charge in [-0.25, -0.2) is 18.4 Å². The van der Waals surface area contributed by atoms with Gasteiger partial charge in [0.15, 0.2) is 9.84 Å². The van der Waals surface area contributed by atoms with Crippen LogP contribution in [0.5, 0.6) is 0 Å². The summed E-state index contributed by atoms with van der Waals surface area (Å²) in [6.45, 7) is 2.56. The lowest BCUT2D eigenvalue weighted by Gasteiger charge is -2.34. The Hall–Kier alpha value is -2.58. The third-order valence-electron chi connectivity index (χ3n) is 7.57. The number of nitrogens with zero attached hydrogens (tertiary/aromatic N) is 4. The zero-order chi connectivity index (χ0) is 23.3. The second-order valence-corrected chi connectivity index (χ2v) is 12.0. The minimum absolute atomic E-state index is 0.0698. The van der Waals surface area contributed by atoms with Crippen LogP contribution in [0.3, 0.4) is 0 Å². The van der Waals surface area contributed by atoms with Crippen molar-refractivity contribution in [2.45, 2.75) is 55.1 Å². The van der Waals surface area contributed by atoms with Crippen molar-refractivity contribution in [3.05, 3.63) is 59.4 Å². The molecule has 0 amide bonds. The molecule has 8 heteroatoms. The summed E-state index contributed by atoms with van der Waals surface area (Å²) in [6.07, 6.45) is 13.4. The van der Waals surface area contributed by atoms with Gasteiger partial charge in [0.05, 0.1) is 29.4 Å². The van der Waals surface area contributed by atoms with Crippen molar-refractivity contribution in [3.63, 3.8) is 0 Å². The van der Waals surface area contributed by atoms with Crippen LogP contribution in [0, 0.1) is 5.92 Å². The van der Waals surface area contributed by atoms with Gasteiger partial charge in [-0.2, -0.15) is 0 Å². The van der Waals surface area contributed by atoms with Crippen LogP contribution in [0.15, 0.2) is 58.2 Å². The van der Waals surface area contributed by atoms with E-state index in [1.807, 2.05) is 24.5 Å². The number of sulfone groups is 1.